The van der Waals surface area contributed by atoms with Crippen LogP contribution < -0.4 is 19.5 Å². The van der Waals surface area contributed by atoms with Crippen molar-refractivity contribution in [3.63, 3.8) is 0 Å². The number of nitrogens with one attached hydrogen (secondary N) is 1. The van der Waals surface area contributed by atoms with Crippen LogP contribution in [0.3, 0.4) is 0 Å². The van der Waals surface area contributed by atoms with Gasteiger partial charge in [0.1, 0.15) is 0 Å². The van der Waals surface area contributed by atoms with Gasteiger partial charge in [0.2, 0.25) is 5.75 Å². The van der Waals surface area contributed by atoms with Crippen LogP contribution in [0.5, 0.6) is 17.2 Å². The number of aryl methyl sites for hydroxylation is 1. The predicted octanol–water partition coefficient (Wildman–Crippen LogP) is 4.13. The molecule has 0 aliphatic rings. The van der Waals surface area contributed by atoms with Gasteiger partial charge in [0, 0.05) is 18.2 Å². The molecule has 0 spiro atoms. The zero-order chi connectivity index (χ0) is 17.5. The van der Waals surface area contributed by atoms with E-state index in [0.29, 0.717) is 23.8 Å². The molecule has 0 radical (unpaired) electrons. The highest BCUT2D eigenvalue weighted by molar-refractivity contribution is 5.55. The molecule has 0 amide bonds. The van der Waals surface area contributed by atoms with Crippen LogP contribution in [0, 0.1) is 0 Å². The van der Waals surface area contributed by atoms with Crippen molar-refractivity contribution in [1.29, 1.82) is 0 Å². The Labute approximate surface area is 144 Å². The molecule has 0 aliphatic heterocycles. The normalized spacial score (nSPS) is 11.9. The lowest BCUT2D eigenvalue weighted by molar-refractivity contribution is 0.321. The minimum atomic E-state index is 0.244. The van der Waals surface area contributed by atoms with Gasteiger partial charge in [-0.2, -0.15) is 0 Å². The molecular weight excluding hydrogens is 302 g/mol. The molecule has 0 saturated carbocycles. The van der Waals surface area contributed by atoms with Crippen molar-refractivity contribution >= 4 is 0 Å². The number of ether oxygens (including phenoxy) is 3. The van der Waals surface area contributed by atoms with Crippen molar-refractivity contribution in [2.45, 2.75) is 32.9 Å². The Morgan fingerprint density at radius 2 is 1.54 bits per heavy atom. The van der Waals surface area contributed by atoms with Crippen molar-refractivity contribution in [2.24, 2.45) is 0 Å². The molecule has 2 aromatic rings. The second-order valence-electron chi connectivity index (χ2n) is 5.69. The summed E-state index contributed by atoms with van der Waals surface area (Å²) in [6.45, 7) is 5.01. The van der Waals surface area contributed by atoms with Gasteiger partial charge in [-0.3, -0.25) is 0 Å². The third-order valence-corrected chi connectivity index (χ3v) is 4.27. The van der Waals surface area contributed by atoms with Crippen LogP contribution in [0.4, 0.5) is 0 Å². The minimum Gasteiger partial charge on any atom is -0.493 e. The predicted molar refractivity (Wildman–Crippen MR) is 97.2 cm³/mol. The molecule has 0 aliphatic carbocycles. The van der Waals surface area contributed by atoms with Crippen molar-refractivity contribution in [1.82, 2.24) is 5.32 Å². The minimum absolute atomic E-state index is 0.244. The monoisotopic (exact) mass is 329 g/mol. The molecule has 2 aromatic carbocycles. The molecule has 130 valence electrons. The van der Waals surface area contributed by atoms with E-state index in [-0.39, 0.29) is 6.04 Å². The van der Waals surface area contributed by atoms with Gasteiger partial charge in [-0.05, 0) is 30.5 Å². The van der Waals surface area contributed by atoms with E-state index in [4.69, 9.17) is 14.2 Å². The number of benzene rings is 2. The summed E-state index contributed by atoms with van der Waals surface area (Å²) in [5.41, 5.74) is 3.66. The topological polar surface area (TPSA) is 39.7 Å². The third kappa shape index (κ3) is 4.01. The maximum absolute atomic E-state index is 5.53. The number of hydrogen-bond donors (Lipinski definition) is 1. The van der Waals surface area contributed by atoms with E-state index in [1.54, 1.807) is 21.3 Å². The maximum Gasteiger partial charge on any atom is 0.203 e. The zero-order valence-corrected chi connectivity index (χ0v) is 15.2. The molecule has 1 unspecified atom stereocenters. The van der Waals surface area contributed by atoms with Crippen molar-refractivity contribution in [3.05, 3.63) is 53.1 Å². The van der Waals surface area contributed by atoms with E-state index >= 15 is 0 Å². The van der Waals surface area contributed by atoms with Gasteiger partial charge in [-0.15, -0.1) is 0 Å². The Hall–Kier alpha value is -2.20. The summed E-state index contributed by atoms with van der Waals surface area (Å²) in [6, 6.07) is 12.9. The van der Waals surface area contributed by atoms with E-state index in [9.17, 15) is 0 Å². The number of rotatable bonds is 8. The Morgan fingerprint density at radius 3 is 2.08 bits per heavy atom. The van der Waals surface area contributed by atoms with Crippen LogP contribution in [-0.4, -0.2) is 21.3 Å². The van der Waals surface area contributed by atoms with Crippen LogP contribution in [0.1, 0.15) is 36.6 Å². The molecule has 4 nitrogen and oxygen atoms in total. The maximum atomic E-state index is 5.53. The van der Waals surface area contributed by atoms with Crippen LogP contribution >= 0.6 is 0 Å². The summed E-state index contributed by atoms with van der Waals surface area (Å²) in [4.78, 5) is 0. The average molecular weight is 329 g/mol. The van der Waals surface area contributed by atoms with Crippen molar-refractivity contribution < 1.29 is 14.2 Å². The fourth-order valence-corrected chi connectivity index (χ4v) is 2.73. The van der Waals surface area contributed by atoms with Crippen molar-refractivity contribution in [2.75, 3.05) is 21.3 Å². The summed E-state index contributed by atoms with van der Waals surface area (Å²) < 4.78 is 16.3. The standard InChI is InChI=1S/C20H27NO3/c1-6-15-7-9-16(10-8-15)14(2)21-13-17-11-12-18(22-3)20(24-5)19(17)23-4/h7-12,14,21H,6,13H2,1-5H3. The highest BCUT2D eigenvalue weighted by Crippen LogP contribution is 2.39. The number of methoxy groups -OCH3 is 3. The Kier molecular flexibility index (Phi) is 6.50. The smallest absolute Gasteiger partial charge is 0.203 e. The number of hydrogen-bond acceptors (Lipinski definition) is 4. The molecule has 1 N–H and O–H groups in total. The fraction of sp³-hybridized carbons (Fsp3) is 0.400. The SMILES string of the molecule is CCc1ccc(C(C)NCc2ccc(OC)c(OC)c2OC)cc1. The lowest BCUT2D eigenvalue weighted by atomic mass is 10.0. The summed E-state index contributed by atoms with van der Waals surface area (Å²) in [6.07, 6.45) is 1.06. The van der Waals surface area contributed by atoms with Crippen LogP contribution in [-0.2, 0) is 13.0 Å². The Bertz CT molecular complexity index is 653. The van der Waals surface area contributed by atoms with E-state index in [1.165, 1.54) is 11.1 Å². The quantitative estimate of drug-likeness (QED) is 0.790. The average Bonchev–Trinajstić information content (AvgIpc) is 2.64. The molecule has 0 heterocycles. The molecular formula is C20H27NO3. The van der Waals surface area contributed by atoms with Crippen molar-refractivity contribution in [3.8, 4) is 17.2 Å². The molecule has 2 rings (SSSR count). The Balaban J connectivity index is 2.12. The van der Waals surface area contributed by atoms with Crippen LogP contribution in [0.15, 0.2) is 36.4 Å². The van der Waals surface area contributed by atoms with Gasteiger partial charge in [0.25, 0.3) is 0 Å². The third-order valence-electron chi connectivity index (χ3n) is 4.27. The summed E-state index contributed by atoms with van der Waals surface area (Å²) in [7, 11) is 4.89. The lowest BCUT2D eigenvalue weighted by Crippen LogP contribution is -2.18. The molecule has 24 heavy (non-hydrogen) atoms. The van der Waals surface area contributed by atoms with E-state index in [0.717, 1.165) is 12.0 Å². The van der Waals surface area contributed by atoms with Gasteiger partial charge in [0.15, 0.2) is 11.5 Å². The Morgan fingerprint density at radius 1 is 0.875 bits per heavy atom. The molecule has 0 bridgehead atoms. The fourth-order valence-electron chi connectivity index (χ4n) is 2.73. The second-order valence-corrected chi connectivity index (χ2v) is 5.69. The second kappa shape index (κ2) is 8.60. The zero-order valence-electron chi connectivity index (χ0n) is 15.2. The summed E-state index contributed by atoms with van der Waals surface area (Å²) in [5, 5.41) is 3.54. The lowest BCUT2D eigenvalue weighted by Gasteiger charge is -2.18. The molecule has 0 fully saturated rings. The molecule has 4 heteroatoms. The first-order chi connectivity index (χ1) is 11.6. The van der Waals surface area contributed by atoms with Gasteiger partial charge >= 0.3 is 0 Å². The summed E-state index contributed by atoms with van der Waals surface area (Å²) >= 11 is 0. The van der Waals surface area contributed by atoms with E-state index in [1.807, 2.05) is 12.1 Å². The van der Waals surface area contributed by atoms with Gasteiger partial charge in [-0.1, -0.05) is 37.3 Å². The van der Waals surface area contributed by atoms with E-state index in [2.05, 4.69) is 43.4 Å². The largest absolute Gasteiger partial charge is 0.493 e. The highest BCUT2D eigenvalue weighted by Gasteiger charge is 2.16. The summed E-state index contributed by atoms with van der Waals surface area (Å²) in [5.74, 6) is 2.00. The van der Waals surface area contributed by atoms with E-state index < -0.39 is 0 Å². The first kappa shape index (κ1) is 18.1. The molecule has 0 aromatic heterocycles. The van der Waals surface area contributed by atoms with Gasteiger partial charge in [-0.25, -0.2) is 0 Å². The van der Waals surface area contributed by atoms with Gasteiger partial charge < -0.3 is 19.5 Å². The molecule has 1 atom stereocenters. The van der Waals surface area contributed by atoms with Crippen LogP contribution in [0.2, 0.25) is 0 Å². The first-order valence-electron chi connectivity index (χ1n) is 8.24. The van der Waals surface area contributed by atoms with Gasteiger partial charge in [0.05, 0.1) is 21.3 Å². The molecule has 0 saturated heterocycles. The van der Waals surface area contributed by atoms with Crippen LogP contribution in [0.25, 0.3) is 0 Å². The first-order valence-corrected chi connectivity index (χ1v) is 8.24. The highest BCUT2D eigenvalue weighted by atomic mass is 16.5.